The van der Waals surface area contributed by atoms with Gasteiger partial charge in [0.05, 0.1) is 33.9 Å². The lowest BCUT2D eigenvalue weighted by Crippen LogP contribution is -2.16. The molecule has 9 nitrogen and oxygen atoms in total. The zero-order chi connectivity index (χ0) is 31.1. The molecule has 14 heteroatoms. The van der Waals surface area contributed by atoms with Crippen LogP contribution >= 0.6 is 0 Å². The first-order valence-electron chi connectivity index (χ1n) is 12.8. The van der Waals surface area contributed by atoms with Gasteiger partial charge in [-0.05, 0) is 79.9 Å². The first-order chi connectivity index (χ1) is 20.2. The third-order valence-corrected chi connectivity index (χ3v) is 7.81. The number of alkyl halides is 3. The summed E-state index contributed by atoms with van der Waals surface area (Å²) in [5.74, 6) is -0.516. The summed E-state index contributed by atoms with van der Waals surface area (Å²) in [6.07, 6.45) is -0.801. The summed E-state index contributed by atoms with van der Waals surface area (Å²) in [7, 11) is -3.85. The Hall–Kier alpha value is -4.56. The Bertz CT molecular complexity index is 1920. The van der Waals surface area contributed by atoms with Crippen molar-refractivity contribution in [3.63, 3.8) is 0 Å². The van der Waals surface area contributed by atoms with Gasteiger partial charge in [0.2, 0.25) is 0 Å². The molecule has 0 bridgehead atoms. The quantitative estimate of drug-likeness (QED) is 0.233. The summed E-state index contributed by atoms with van der Waals surface area (Å²) >= 11 is 0. The number of aromatic nitrogens is 5. The van der Waals surface area contributed by atoms with Gasteiger partial charge in [-0.1, -0.05) is 11.3 Å². The number of aliphatic hydroxyl groups is 1. The van der Waals surface area contributed by atoms with Crippen molar-refractivity contribution in [1.82, 2.24) is 24.5 Å². The molecule has 1 N–H and O–H groups in total. The first-order valence-corrected chi connectivity index (χ1v) is 14.7. The van der Waals surface area contributed by atoms with Crippen LogP contribution < -0.4 is 4.74 Å². The molecule has 5 rings (SSSR count). The molecule has 0 saturated carbocycles. The predicted molar refractivity (Wildman–Crippen MR) is 149 cm³/mol. The van der Waals surface area contributed by atoms with Gasteiger partial charge in [-0.15, -0.1) is 18.3 Å². The third kappa shape index (κ3) is 6.29. The number of hydrogen-bond donors (Lipinski definition) is 1. The summed E-state index contributed by atoms with van der Waals surface area (Å²) in [6, 6.07) is 12.9. The van der Waals surface area contributed by atoms with E-state index in [1.807, 2.05) is 11.5 Å². The molecule has 224 valence electrons. The van der Waals surface area contributed by atoms with E-state index in [0.29, 0.717) is 34.0 Å². The van der Waals surface area contributed by atoms with E-state index in [0.717, 1.165) is 11.9 Å². The second-order valence-electron chi connectivity index (χ2n) is 9.79. The second kappa shape index (κ2) is 11.3. The van der Waals surface area contributed by atoms with Crippen LogP contribution in [0.3, 0.4) is 0 Å². The fourth-order valence-electron chi connectivity index (χ4n) is 4.84. The van der Waals surface area contributed by atoms with Crippen molar-refractivity contribution in [2.45, 2.75) is 31.5 Å². The maximum absolute atomic E-state index is 15.2. The number of sulfone groups is 1. The monoisotopic (exact) mass is 615 g/mol. The molecular formula is C29H25F4N5O4S. The minimum absolute atomic E-state index is 0.105. The van der Waals surface area contributed by atoms with Crippen molar-refractivity contribution < 1.29 is 35.8 Å². The Kier molecular flexibility index (Phi) is 7.84. The lowest BCUT2D eigenvalue weighted by molar-refractivity contribution is -0.274. The number of benzene rings is 3. The van der Waals surface area contributed by atoms with Crippen molar-refractivity contribution in [2.75, 3.05) is 12.9 Å². The third-order valence-electron chi connectivity index (χ3n) is 6.65. The summed E-state index contributed by atoms with van der Waals surface area (Å²) < 4.78 is 85.6. The highest BCUT2D eigenvalue weighted by Gasteiger charge is 2.31. The molecule has 0 saturated heterocycles. The molecule has 5 aromatic rings. The average molecular weight is 616 g/mol. The van der Waals surface area contributed by atoms with Crippen LogP contribution in [0.25, 0.3) is 33.8 Å². The smallest absolute Gasteiger partial charge is 0.406 e. The zero-order valence-electron chi connectivity index (χ0n) is 23.1. The van der Waals surface area contributed by atoms with E-state index in [-0.39, 0.29) is 22.4 Å². The van der Waals surface area contributed by atoms with E-state index in [1.54, 1.807) is 31.3 Å². The van der Waals surface area contributed by atoms with Crippen molar-refractivity contribution in [3.05, 3.63) is 89.9 Å². The summed E-state index contributed by atoms with van der Waals surface area (Å²) in [4.78, 5) is 4.23. The van der Waals surface area contributed by atoms with Crippen LogP contribution in [-0.2, 0) is 16.3 Å². The van der Waals surface area contributed by atoms with Gasteiger partial charge in [-0.3, -0.25) is 0 Å². The van der Waals surface area contributed by atoms with E-state index >= 15 is 4.39 Å². The van der Waals surface area contributed by atoms with Gasteiger partial charge < -0.3 is 14.4 Å². The molecule has 0 unspecified atom stereocenters. The minimum atomic E-state index is -4.84. The number of ether oxygens (including phenoxy) is 1. The van der Waals surface area contributed by atoms with Gasteiger partial charge in [-0.25, -0.2) is 22.5 Å². The van der Waals surface area contributed by atoms with E-state index in [1.165, 1.54) is 47.3 Å². The Morgan fingerprint density at radius 1 is 0.953 bits per heavy atom. The molecule has 0 spiro atoms. The molecule has 3 aromatic carbocycles. The van der Waals surface area contributed by atoms with Crippen LogP contribution in [0, 0.1) is 19.7 Å². The highest BCUT2D eigenvalue weighted by Crippen LogP contribution is 2.34. The fraction of sp³-hybridized carbons (Fsp3) is 0.207. The summed E-state index contributed by atoms with van der Waals surface area (Å²) in [5.41, 5.74) is 3.30. The molecule has 43 heavy (non-hydrogen) atoms. The molecule has 2 aromatic heterocycles. The van der Waals surface area contributed by atoms with Crippen molar-refractivity contribution in [2.24, 2.45) is 0 Å². The largest absolute Gasteiger partial charge is 0.573 e. The highest BCUT2D eigenvalue weighted by molar-refractivity contribution is 7.90. The fourth-order valence-corrected chi connectivity index (χ4v) is 5.83. The van der Waals surface area contributed by atoms with E-state index in [9.17, 15) is 26.7 Å². The van der Waals surface area contributed by atoms with Gasteiger partial charge in [0.25, 0.3) is 0 Å². The molecule has 0 aliphatic heterocycles. The van der Waals surface area contributed by atoms with Crippen molar-refractivity contribution >= 4 is 9.84 Å². The molecule has 0 atom stereocenters. The number of aryl methyl sites for hydroxylation is 2. The molecule has 0 aliphatic carbocycles. The SMILES string of the molecule is Cc1cn(-c2ccc(-c3cc(F)c(CCO)c(S(C)(=O)=O)c3)cc2-n2nncc2-c2ccc(OC(F)(F)F)cc2)c(C)n1. The number of aliphatic hydroxyl groups excluding tert-OH is 1. The maximum atomic E-state index is 15.2. The van der Waals surface area contributed by atoms with Crippen molar-refractivity contribution in [1.29, 1.82) is 0 Å². The van der Waals surface area contributed by atoms with E-state index < -0.39 is 34.4 Å². The van der Waals surface area contributed by atoms with Gasteiger partial charge in [0.1, 0.15) is 17.4 Å². The molecule has 0 radical (unpaired) electrons. The maximum Gasteiger partial charge on any atom is 0.573 e. The minimum Gasteiger partial charge on any atom is -0.406 e. The Balaban J connectivity index is 1.69. The second-order valence-corrected chi connectivity index (χ2v) is 11.8. The average Bonchev–Trinajstić information content (AvgIpc) is 3.54. The van der Waals surface area contributed by atoms with Crippen molar-refractivity contribution in [3.8, 4) is 39.5 Å². The summed E-state index contributed by atoms with van der Waals surface area (Å²) in [6.45, 7) is 3.20. The Morgan fingerprint density at radius 3 is 2.26 bits per heavy atom. The van der Waals surface area contributed by atoms with Crippen LogP contribution in [0.1, 0.15) is 17.1 Å². The molecule has 0 fully saturated rings. The number of imidazole rings is 1. The normalized spacial score (nSPS) is 12.1. The van der Waals surface area contributed by atoms with E-state index in [4.69, 9.17) is 0 Å². The lowest BCUT2D eigenvalue weighted by atomic mass is 10.0. The number of nitrogens with zero attached hydrogens (tertiary/aromatic N) is 5. The van der Waals surface area contributed by atoms with Crippen LogP contribution in [0.5, 0.6) is 5.75 Å². The zero-order valence-corrected chi connectivity index (χ0v) is 23.9. The van der Waals surface area contributed by atoms with Crippen LogP contribution in [0.15, 0.2) is 71.9 Å². The first kappa shape index (κ1) is 29.9. The van der Waals surface area contributed by atoms with E-state index in [2.05, 4.69) is 20.0 Å². The molecule has 0 amide bonds. The van der Waals surface area contributed by atoms with Gasteiger partial charge in [0, 0.05) is 30.2 Å². The lowest BCUT2D eigenvalue weighted by Gasteiger charge is -2.17. The van der Waals surface area contributed by atoms with Gasteiger partial charge in [0.15, 0.2) is 9.84 Å². The van der Waals surface area contributed by atoms with Gasteiger partial charge in [-0.2, -0.15) is 0 Å². The topological polar surface area (TPSA) is 112 Å². The summed E-state index contributed by atoms with van der Waals surface area (Å²) in [5, 5.41) is 17.6. The predicted octanol–water partition coefficient (Wildman–Crippen LogP) is 5.38. The van der Waals surface area contributed by atoms with Crippen LogP contribution in [0.2, 0.25) is 0 Å². The molecule has 0 aliphatic rings. The Morgan fingerprint density at radius 2 is 1.65 bits per heavy atom. The van der Waals surface area contributed by atoms with Crippen LogP contribution in [-0.4, -0.2) is 57.3 Å². The van der Waals surface area contributed by atoms with Gasteiger partial charge >= 0.3 is 6.36 Å². The molecular weight excluding hydrogens is 590 g/mol. The number of halogens is 4. The highest BCUT2D eigenvalue weighted by atomic mass is 32.2. The number of rotatable bonds is 8. The Labute approximate surface area is 243 Å². The van der Waals surface area contributed by atoms with Crippen LogP contribution in [0.4, 0.5) is 17.6 Å². The number of hydrogen-bond acceptors (Lipinski definition) is 7. The standard InChI is InChI=1S/C29H25F4N5O4S/c1-17-16-37(18(2)35-17)25-9-6-20(21-12-24(30)23(10-11-39)28(14-21)43(3,40)41)13-26(25)38-27(15-34-36-38)19-4-7-22(8-5-19)42-29(31,32)33/h4-9,12-16,39H,10-11H2,1-3H3. The molecule has 2 heterocycles.